The standard InChI is InChI=1S/C15H22N2O6S/c1-9(2)16-24(21,22)13-8-11(6-7-12(13)23-5)14(18)17(4)10(3)15(19)20/h6-10,16H,1-5H3,(H,19,20). The van der Waals surface area contributed by atoms with E-state index in [4.69, 9.17) is 9.84 Å². The lowest BCUT2D eigenvalue weighted by Gasteiger charge is -2.22. The zero-order chi connectivity index (χ0) is 18.7. The first kappa shape index (κ1) is 19.9. The van der Waals surface area contributed by atoms with Gasteiger partial charge in [-0.15, -0.1) is 0 Å². The number of sulfonamides is 1. The van der Waals surface area contributed by atoms with Crippen molar-refractivity contribution in [2.75, 3.05) is 14.2 Å². The highest BCUT2D eigenvalue weighted by molar-refractivity contribution is 7.89. The maximum absolute atomic E-state index is 12.4. The van der Waals surface area contributed by atoms with Crippen molar-refractivity contribution >= 4 is 21.9 Å². The molecule has 8 nitrogen and oxygen atoms in total. The van der Waals surface area contributed by atoms with E-state index < -0.39 is 27.9 Å². The number of amides is 1. The van der Waals surface area contributed by atoms with Gasteiger partial charge in [-0.1, -0.05) is 0 Å². The van der Waals surface area contributed by atoms with Gasteiger partial charge in [0.15, 0.2) is 0 Å². The van der Waals surface area contributed by atoms with Crippen LogP contribution in [0.1, 0.15) is 31.1 Å². The van der Waals surface area contributed by atoms with Crippen LogP contribution in [-0.4, -0.2) is 56.5 Å². The zero-order valence-electron chi connectivity index (χ0n) is 14.2. The van der Waals surface area contributed by atoms with E-state index in [9.17, 15) is 18.0 Å². The average Bonchev–Trinajstić information content (AvgIpc) is 2.50. The molecular weight excluding hydrogens is 336 g/mol. The Kier molecular flexibility index (Phi) is 6.33. The van der Waals surface area contributed by atoms with E-state index in [1.54, 1.807) is 13.8 Å². The number of hydrogen-bond donors (Lipinski definition) is 2. The molecule has 0 spiro atoms. The Hall–Kier alpha value is -2.13. The van der Waals surface area contributed by atoms with Gasteiger partial charge < -0.3 is 14.7 Å². The Balaban J connectivity index is 3.33. The monoisotopic (exact) mass is 358 g/mol. The first-order chi connectivity index (χ1) is 11.0. The number of methoxy groups -OCH3 is 1. The van der Waals surface area contributed by atoms with Gasteiger partial charge in [-0.2, -0.15) is 0 Å². The minimum Gasteiger partial charge on any atom is -0.495 e. The molecule has 0 fully saturated rings. The summed E-state index contributed by atoms with van der Waals surface area (Å²) in [6.07, 6.45) is 0. The van der Waals surface area contributed by atoms with E-state index in [1.807, 2.05) is 0 Å². The van der Waals surface area contributed by atoms with Crippen LogP contribution in [0.5, 0.6) is 5.75 Å². The summed E-state index contributed by atoms with van der Waals surface area (Å²) < 4.78 is 32.3. The van der Waals surface area contributed by atoms with Gasteiger partial charge in [-0.05, 0) is 39.0 Å². The van der Waals surface area contributed by atoms with Crippen LogP contribution in [0.4, 0.5) is 0 Å². The number of rotatable bonds is 7. The molecule has 24 heavy (non-hydrogen) atoms. The Morgan fingerprint density at radius 1 is 1.25 bits per heavy atom. The molecule has 0 aromatic heterocycles. The van der Waals surface area contributed by atoms with Gasteiger partial charge in [0, 0.05) is 18.7 Å². The summed E-state index contributed by atoms with van der Waals surface area (Å²) in [5.41, 5.74) is 0.0514. The number of ether oxygens (including phenoxy) is 1. The zero-order valence-corrected chi connectivity index (χ0v) is 15.0. The predicted molar refractivity (Wildman–Crippen MR) is 87.6 cm³/mol. The van der Waals surface area contributed by atoms with Crippen molar-refractivity contribution in [2.45, 2.75) is 37.8 Å². The van der Waals surface area contributed by atoms with Gasteiger partial charge in [0.25, 0.3) is 5.91 Å². The van der Waals surface area contributed by atoms with Crippen LogP contribution in [0.3, 0.4) is 0 Å². The molecule has 0 bridgehead atoms. The second-order valence-electron chi connectivity index (χ2n) is 5.57. The Morgan fingerprint density at radius 3 is 2.29 bits per heavy atom. The number of nitrogens with one attached hydrogen (secondary N) is 1. The SMILES string of the molecule is COc1ccc(C(=O)N(C)C(C)C(=O)O)cc1S(=O)(=O)NC(C)C. The van der Waals surface area contributed by atoms with Crippen molar-refractivity contribution in [1.29, 1.82) is 0 Å². The number of carboxylic acids is 1. The van der Waals surface area contributed by atoms with E-state index in [0.717, 1.165) is 4.90 Å². The summed E-state index contributed by atoms with van der Waals surface area (Å²) >= 11 is 0. The minimum atomic E-state index is -3.88. The number of aliphatic carboxylic acids is 1. The number of carbonyl (C=O) groups excluding carboxylic acids is 1. The highest BCUT2D eigenvalue weighted by Gasteiger charge is 2.26. The second-order valence-corrected chi connectivity index (χ2v) is 7.25. The summed E-state index contributed by atoms with van der Waals surface area (Å²) in [5.74, 6) is -1.67. The first-order valence-corrected chi connectivity index (χ1v) is 8.70. The summed E-state index contributed by atoms with van der Waals surface area (Å²) in [7, 11) is -1.22. The van der Waals surface area contributed by atoms with Crippen LogP contribution in [0, 0.1) is 0 Å². The molecule has 1 atom stereocenters. The predicted octanol–water partition coefficient (Wildman–Crippen LogP) is 0.927. The largest absolute Gasteiger partial charge is 0.495 e. The van der Waals surface area contributed by atoms with Gasteiger partial charge in [0.1, 0.15) is 16.7 Å². The topological polar surface area (TPSA) is 113 Å². The summed E-state index contributed by atoms with van der Waals surface area (Å²) in [5, 5.41) is 8.99. The molecular formula is C15H22N2O6S. The number of carbonyl (C=O) groups is 2. The fourth-order valence-corrected chi connectivity index (χ4v) is 3.38. The summed E-state index contributed by atoms with van der Waals surface area (Å²) in [4.78, 5) is 24.2. The second kappa shape index (κ2) is 7.63. The Morgan fingerprint density at radius 2 is 1.83 bits per heavy atom. The van der Waals surface area contributed by atoms with E-state index in [0.29, 0.717) is 0 Å². The maximum Gasteiger partial charge on any atom is 0.326 e. The lowest BCUT2D eigenvalue weighted by molar-refractivity contribution is -0.141. The smallest absolute Gasteiger partial charge is 0.326 e. The average molecular weight is 358 g/mol. The summed E-state index contributed by atoms with van der Waals surface area (Å²) in [6, 6.07) is 2.54. The lowest BCUT2D eigenvalue weighted by atomic mass is 10.1. The summed E-state index contributed by atoms with van der Waals surface area (Å²) in [6.45, 7) is 4.70. The molecule has 2 N–H and O–H groups in total. The normalized spacial score (nSPS) is 12.8. The van der Waals surface area contributed by atoms with Crippen molar-refractivity contribution in [2.24, 2.45) is 0 Å². The van der Waals surface area contributed by atoms with E-state index in [1.165, 1.54) is 39.3 Å². The van der Waals surface area contributed by atoms with Crippen LogP contribution in [0.15, 0.2) is 23.1 Å². The number of nitrogens with zero attached hydrogens (tertiary/aromatic N) is 1. The number of likely N-dealkylation sites (N-methyl/N-ethyl adjacent to an activating group) is 1. The fraction of sp³-hybridized carbons (Fsp3) is 0.467. The third-order valence-corrected chi connectivity index (χ3v) is 5.03. The van der Waals surface area contributed by atoms with Gasteiger partial charge in [0.2, 0.25) is 10.0 Å². The molecule has 1 aromatic rings. The minimum absolute atomic E-state index is 0.0514. The van der Waals surface area contributed by atoms with Crippen molar-refractivity contribution < 1.29 is 27.9 Å². The molecule has 1 unspecified atom stereocenters. The molecule has 0 aliphatic heterocycles. The van der Waals surface area contributed by atoms with Crippen molar-refractivity contribution in [1.82, 2.24) is 9.62 Å². The van der Waals surface area contributed by atoms with Crippen molar-refractivity contribution in [3.63, 3.8) is 0 Å². The first-order valence-electron chi connectivity index (χ1n) is 7.21. The third kappa shape index (κ3) is 4.45. The fourth-order valence-electron chi connectivity index (χ4n) is 1.94. The lowest BCUT2D eigenvalue weighted by Crippen LogP contribution is -2.40. The Bertz CT molecular complexity index is 729. The third-order valence-electron chi connectivity index (χ3n) is 3.35. The van der Waals surface area contributed by atoms with Crippen LogP contribution in [0.25, 0.3) is 0 Å². The molecule has 1 amide bonds. The quantitative estimate of drug-likeness (QED) is 0.750. The highest BCUT2D eigenvalue weighted by Crippen LogP contribution is 2.25. The molecule has 9 heteroatoms. The molecule has 1 aromatic carbocycles. The molecule has 134 valence electrons. The molecule has 1 rings (SSSR count). The van der Waals surface area contributed by atoms with Gasteiger partial charge >= 0.3 is 5.97 Å². The van der Waals surface area contributed by atoms with Crippen molar-refractivity contribution in [3.8, 4) is 5.75 Å². The van der Waals surface area contributed by atoms with Crippen LogP contribution >= 0.6 is 0 Å². The maximum atomic E-state index is 12.4. The van der Waals surface area contributed by atoms with Crippen molar-refractivity contribution in [3.05, 3.63) is 23.8 Å². The van der Waals surface area contributed by atoms with Crippen LogP contribution in [0.2, 0.25) is 0 Å². The molecule has 0 radical (unpaired) electrons. The van der Waals surface area contributed by atoms with E-state index >= 15 is 0 Å². The number of carboxylic acid groups (broad SMARTS) is 1. The van der Waals surface area contributed by atoms with Crippen LogP contribution < -0.4 is 9.46 Å². The Labute approximate surface area is 141 Å². The molecule has 0 heterocycles. The van der Waals surface area contributed by atoms with E-state index in [2.05, 4.69) is 4.72 Å². The molecule has 0 aliphatic rings. The van der Waals surface area contributed by atoms with Gasteiger partial charge in [0.05, 0.1) is 7.11 Å². The van der Waals surface area contributed by atoms with Gasteiger partial charge in [-0.3, -0.25) is 4.79 Å². The highest BCUT2D eigenvalue weighted by atomic mass is 32.2. The van der Waals surface area contributed by atoms with Crippen LogP contribution in [-0.2, 0) is 14.8 Å². The van der Waals surface area contributed by atoms with Gasteiger partial charge in [-0.25, -0.2) is 17.9 Å². The molecule has 0 saturated carbocycles. The number of benzene rings is 1. The number of hydrogen-bond acceptors (Lipinski definition) is 5. The molecule has 0 saturated heterocycles. The van der Waals surface area contributed by atoms with E-state index in [-0.39, 0.29) is 22.3 Å². The molecule has 0 aliphatic carbocycles.